The van der Waals surface area contributed by atoms with Gasteiger partial charge in [0.25, 0.3) is 5.88 Å². The fourth-order valence-electron chi connectivity index (χ4n) is 2.28. The van der Waals surface area contributed by atoms with E-state index in [0.29, 0.717) is 34.6 Å². The third kappa shape index (κ3) is 3.36. The van der Waals surface area contributed by atoms with Crippen LogP contribution in [0.1, 0.15) is 0 Å². The molecule has 10 heteroatoms. The Hall–Kier alpha value is -1.74. The maximum Gasteiger partial charge on any atom is 0.259 e. The molecule has 0 amide bonds. The first-order chi connectivity index (χ1) is 11.6. The van der Waals surface area contributed by atoms with Crippen LogP contribution in [0, 0.1) is 0 Å². The van der Waals surface area contributed by atoms with Gasteiger partial charge in [0.1, 0.15) is 17.6 Å². The van der Waals surface area contributed by atoms with E-state index >= 15 is 0 Å². The van der Waals surface area contributed by atoms with Crippen molar-refractivity contribution in [2.75, 3.05) is 18.3 Å². The summed E-state index contributed by atoms with van der Waals surface area (Å²) >= 11 is 11.5. The van der Waals surface area contributed by atoms with Crippen molar-refractivity contribution in [3.8, 4) is 5.88 Å². The minimum Gasteiger partial charge on any atom is -0.363 e. The number of aromatic nitrogens is 3. The van der Waals surface area contributed by atoms with Crippen molar-refractivity contribution in [2.45, 2.75) is 11.4 Å². The van der Waals surface area contributed by atoms with Crippen molar-refractivity contribution >= 4 is 51.0 Å². The first-order valence-corrected chi connectivity index (χ1v) is 8.91. The van der Waals surface area contributed by atoms with Gasteiger partial charge < -0.3 is 14.6 Å². The Morgan fingerprint density at radius 1 is 1.46 bits per heavy atom. The summed E-state index contributed by atoms with van der Waals surface area (Å²) in [6, 6.07) is 5.35. The van der Waals surface area contributed by atoms with E-state index < -0.39 is 11.0 Å². The maximum atomic E-state index is 12.7. The summed E-state index contributed by atoms with van der Waals surface area (Å²) in [6.45, 7) is 1.26. The number of anilines is 1. The predicted molar refractivity (Wildman–Crippen MR) is 96.0 cm³/mol. The average molecular weight is 388 g/mol. The van der Waals surface area contributed by atoms with E-state index in [2.05, 4.69) is 20.1 Å². The molecule has 0 saturated carbocycles. The Bertz CT molecular complexity index is 879. The summed E-state index contributed by atoms with van der Waals surface area (Å²) in [5.74, 6) is 0.308. The number of halogens is 2. The lowest BCUT2D eigenvalue weighted by Crippen LogP contribution is -2.16. The zero-order chi connectivity index (χ0) is 17.1. The maximum absolute atomic E-state index is 12.7. The Kier molecular flexibility index (Phi) is 5.30. The second-order valence-electron chi connectivity index (χ2n) is 4.98. The lowest BCUT2D eigenvalue weighted by atomic mass is 10.2. The summed E-state index contributed by atoms with van der Waals surface area (Å²) in [7, 11) is 0.315. The van der Waals surface area contributed by atoms with Crippen LogP contribution in [0.4, 0.5) is 5.69 Å². The third-order valence-electron chi connectivity index (χ3n) is 3.45. The number of hydrogen-bond acceptors (Lipinski definition) is 4. The monoisotopic (exact) mass is 387 g/mol. The normalized spacial score (nSPS) is 12.5. The molecule has 0 bridgehead atoms. The number of nitrogens with one attached hydrogen (secondary N) is 3. The van der Waals surface area contributed by atoms with Gasteiger partial charge in [-0.3, -0.25) is 4.72 Å². The minimum absolute atomic E-state index is 0.308. The molecule has 1 unspecified atom stereocenters. The fraction of sp³-hybridized carbons (Fsp3) is 0.214. The molecule has 0 spiro atoms. The number of benzene rings is 1. The van der Waals surface area contributed by atoms with Crippen LogP contribution < -0.4 is 14.3 Å². The van der Waals surface area contributed by atoms with Crippen LogP contribution in [0.2, 0.25) is 5.02 Å². The summed E-state index contributed by atoms with van der Waals surface area (Å²) in [5.41, 5.74) is 1.26. The number of H-pyrrole nitrogens is 1. The Labute approximate surface area is 151 Å². The number of likely N-dealkylation sites (N-methyl/N-ethyl adjacent to an activating group) is 1. The number of nitrogens with zero attached hydrogens (tertiary/aromatic N) is 2. The first kappa shape index (κ1) is 17.1. The number of rotatable bonds is 7. The molecule has 24 heavy (non-hydrogen) atoms. The summed E-state index contributed by atoms with van der Waals surface area (Å²) < 4.78 is 22.0. The van der Waals surface area contributed by atoms with Crippen LogP contribution in [0.5, 0.6) is 5.88 Å². The van der Waals surface area contributed by atoms with E-state index in [4.69, 9.17) is 27.8 Å². The van der Waals surface area contributed by atoms with Crippen molar-refractivity contribution in [2.24, 2.45) is 0 Å². The molecule has 0 aliphatic rings. The van der Waals surface area contributed by atoms with Crippen LogP contribution in [0.25, 0.3) is 10.9 Å². The van der Waals surface area contributed by atoms with Crippen molar-refractivity contribution in [3.05, 3.63) is 35.6 Å². The molecule has 1 atom stereocenters. The number of fused-ring (bicyclic) bond motifs is 1. The zero-order valence-corrected chi connectivity index (χ0v) is 15.0. The highest BCUT2D eigenvalue weighted by molar-refractivity contribution is 7.86. The molecular weight excluding hydrogens is 373 g/mol. The van der Waals surface area contributed by atoms with E-state index in [1.54, 1.807) is 23.0 Å². The molecule has 128 valence electrons. The van der Waals surface area contributed by atoms with E-state index in [-0.39, 0.29) is 0 Å². The molecule has 1 aromatic carbocycles. The quantitative estimate of drug-likeness (QED) is 0.581. The molecule has 2 heterocycles. The average Bonchev–Trinajstić information content (AvgIpc) is 3.15. The molecule has 0 saturated heterocycles. The third-order valence-corrected chi connectivity index (χ3v) is 4.97. The first-order valence-electron chi connectivity index (χ1n) is 7.08. The molecule has 3 aromatic rings. The molecule has 3 rings (SSSR count). The van der Waals surface area contributed by atoms with Crippen molar-refractivity contribution in [1.29, 1.82) is 0 Å². The summed E-state index contributed by atoms with van der Waals surface area (Å²) in [5, 5.41) is 8.62. The largest absolute Gasteiger partial charge is 0.363 e. The highest BCUT2D eigenvalue weighted by atomic mass is 35.5. The number of aromatic amines is 1. The van der Waals surface area contributed by atoms with Crippen LogP contribution in [0.3, 0.4) is 0 Å². The second-order valence-corrected chi connectivity index (χ2v) is 6.75. The van der Waals surface area contributed by atoms with Crippen molar-refractivity contribution in [3.63, 3.8) is 0 Å². The molecular formula is C14H15Cl2N5O2S. The van der Waals surface area contributed by atoms with Gasteiger partial charge in [0.05, 0.1) is 17.6 Å². The second kappa shape index (κ2) is 7.43. The standard InChI is InChI=1S/C14H15Cl2N5O2S/c1-17-4-5-21-14(23-16)12(7-19-21)20-24(22)13-8-18-11-6-9(15)2-3-10(11)13/h2-3,6-8,17-18,20H,4-5H2,1H3. The number of hydrogen-bond donors (Lipinski definition) is 3. The van der Waals surface area contributed by atoms with Gasteiger partial charge in [0.15, 0.2) is 11.0 Å². The van der Waals surface area contributed by atoms with E-state index in [1.165, 1.54) is 6.20 Å². The van der Waals surface area contributed by atoms with Gasteiger partial charge >= 0.3 is 0 Å². The van der Waals surface area contributed by atoms with Gasteiger partial charge in [0.2, 0.25) is 0 Å². The van der Waals surface area contributed by atoms with Crippen LogP contribution in [-0.4, -0.2) is 32.6 Å². The summed E-state index contributed by atoms with van der Waals surface area (Å²) in [4.78, 5) is 3.66. The van der Waals surface area contributed by atoms with Gasteiger partial charge in [-0.15, -0.1) is 0 Å². The van der Waals surface area contributed by atoms with Gasteiger partial charge in [-0.05, 0) is 19.2 Å². The highest BCUT2D eigenvalue weighted by Gasteiger charge is 2.17. The van der Waals surface area contributed by atoms with E-state index in [9.17, 15) is 4.21 Å². The van der Waals surface area contributed by atoms with E-state index in [0.717, 1.165) is 10.9 Å². The van der Waals surface area contributed by atoms with Gasteiger partial charge in [-0.1, -0.05) is 17.7 Å². The Morgan fingerprint density at radius 2 is 2.29 bits per heavy atom. The van der Waals surface area contributed by atoms with Crippen LogP contribution in [-0.2, 0) is 17.5 Å². The lowest BCUT2D eigenvalue weighted by Gasteiger charge is -2.07. The molecule has 7 nitrogen and oxygen atoms in total. The molecule has 0 aliphatic heterocycles. The molecule has 0 radical (unpaired) electrons. The van der Waals surface area contributed by atoms with Gasteiger partial charge in [0, 0.05) is 28.7 Å². The summed E-state index contributed by atoms with van der Waals surface area (Å²) in [6.07, 6.45) is 3.20. The molecule has 3 N–H and O–H groups in total. The SMILES string of the molecule is CNCCn1ncc(NS(=O)c2c[nH]c3cc(Cl)ccc23)c1OCl. The van der Waals surface area contributed by atoms with Gasteiger partial charge in [-0.2, -0.15) is 5.10 Å². The van der Waals surface area contributed by atoms with Crippen LogP contribution >= 0.6 is 23.5 Å². The smallest absolute Gasteiger partial charge is 0.259 e. The highest BCUT2D eigenvalue weighted by Crippen LogP contribution is 2.29. The molecule has 2 aromatic heterocycles. The van der Waals surface area contributed by atoms with Crippen LogP contribution in [0.15, 0.2) is 35.5 Å². The minimum atomic E-state index is -1.52. The molecule has 0 aliphatic carbocycles. The Morgan fingerprint density at radius 3 is 3.04 bits per heavy atom. The van der Waals surface area contributed by atoms with E-state index in [1.807, 2.05) is 13.1 Å². The van der Waals surface area contributed by atoms with Crippen molar-refractivity contribution < 1.29 is 8.50 Å². The predicted octanol–water partition coefficient (Wildman–Crippen LogP) is 2.90. The molecule has 0 fully saturated rings. The fourth-order valence-corrected chi connectivity index (χ4v) is 3.61. The lowest BCUT2D eigenvalue weighted by molar-refractivity contribution is 0.483. The van der Waals surface area contributed by atoms with Gasteiger partial charge in [-0.25, -0.2) is 8.89 Å². The zero-order valence-electron chi connectivity index (χ0n) is 12.7. The topological polar surface area (TPSA) is 84.0 Å². The Balaban J connectivity index is 1.85. The van der Waals surface area contributed by atoms with Crippen molar-refractivity contribution in [1.82, 2.24) is 20.1 Å².